The summed E-state index contributed by atoms with van der Waals surface area (Å²) < 4.78 is 14.8. The van der Waals surface area contributed by atoms with Gasteiger partial charge in [0.15, 0.2) is 5.69 Å². The zero-order valence-electron chi connectivity index (χ0n) is 17.5. The van der Waals surface area contributed by atoms with E-state index in [9.17, 15) is 14.4 Å². The van der Waals surface area contributed by atoms with Gasteiger partial charge in [0.25, 0.3) is 5.91 Å². The minimum absolute atomic E-state index is 0.0285. The number of oxime groups is 1. The van der Waals surface area contributed by atoms with Crippen molar-refractivity contribution in [1.29, 1.82) is 0 Å². The average Bonchev–Trinajstić information content (AvgIpc) is 3.20. The quantitative estimate of drug-likeness (QED) is 0.141. The first-order valence-electron chi connectivity index (χ1n) is 10.0. The van der Waals surface area contributed by atoms with Crippen LogP contribution in [0.3, 0.4) is 0 Å². The number of amides is 1. The molecule has 1 amide bonds. The van der Waals surface area contributed by atoms with Gasteiger partial charge in [0.2, 0.25) is 0 Å². The van der Waals surface area contributed by atoms with E-state index in [1.165, 1.54) is 28.9 Å². The number of aromatic nitrogens is 2. The Hall–Kier alpha value is -3.88. The number of benzene rings is 3. The van der Waals surface area contributed by atoms with Crippen molar-refractivity contribution < 1.29 is 14.4 Å². The molecule has 7 nitrogen and oxygen atoms in total. The van der Waals surface area contributed by atoms with Crippen LogP contribution in [0.5, 0.6) is 0 Å². The number of nitrogens with zero attached hydrogens (tertiary/aromatic N) is 3. The molecule has 0 unspecified atom stereocenters. The summed E-state index contributed by atoms with van der Waals surface area (Å²) in [6.07, 6.45) is -0.0783. The molecule has 4 N–H and O–H groups in total. The molecule has 0 aliphatic carbocycles. The fourth-order valence-electron chi connectivity index (χ4n) is 3.44. The van der Waals surface area contributed by atoms with Crippen LogP contribution < -0.4 is 11.1 Å². The van der Waals surface area contributed by atoms with Crippen molar-refractivity contribution in [2.24, 2.45) is 10.9 Å². The molecule has 1 aromatic heterocycles. The Labute approximate surface area is 204 Å². The lowest BCUT2D eigenvalue weighted by atomic mass is 10.0. The van der Waals surface area contributed by atoms with Crippen LogP contribution in [0.4, 0.5) is 10.1 Å². The van der Waals surface area contributed by atoms with Gasteiger partial charge in [-0.15, -0.1) is 0 Å². The highest BCUT2D eigenvalue weighted by Gasteiger charge is 2.26. The van der Waals surface area contributed by atoms with Crippen LogP contribution in [0.15, 0.2) is 78.0 Å². The molecule has 4 aromatic rings. The Morgan fingerprint density at radius 1 is 1.06 bits per heavy atom. The van der Waals surface area contributed by atoms with Gasteiger partial charge in [0.1, 0.15) is 11.7 Å². The molecule has 0 spiro atoms. The van der Waals surface area contributed by atoms with Gasteiger partial charge in [-0.05, 0) is 48.5 Å². The summed E-state index contributed by atoms with van der Waals surface area (Å²) in [4.78, 5) is 13.3. The number of nitrogens with one attached hydrogen (secondary N) is 1. The van der Waals surface area contributed by atoms with Crippen molar-refractivity contribution in [2.45, 2.75) is 6.42 Å². The van der Waals surface area contributed by atoms with Gasteiger partial charge in [-0.2, -0.15) is 5.10 Å². The van der Waals surface area contributed by atoms with Crippen LogP contribution in [0.1, 0.15) is 16.1 Å². The summed E-state index contributed by atoms with van der Waals surface area (Å²) >= 11 is 12.5. The van der Waals surface area contributed by atoms with E-state index < -0.39 is 11.7 Å². The number of hydrogen-bond donors (Lipinski definition) is 3. The zero-order valence-corrected chi connectivity index (χ0v) is 19.1. The number of nitrogens with two attached hydrogens (primary N) is 1. The van der Waals surface area contributed by atoms with Gasteiger partial charge in [-0.3, -0.25) is 4.79 Å². The Balaban J connectivity index is 1.93. The second-order valence-electron chi connectivity index (χ2n) is 7.28. The van der Waals surface area contributed by atoms with E-state index in [0.717, 1.165) is 0 Å². The van der Waals surface area contributed by atoms with E-state index in [2.05, 4.69) is 15.6 Å². The Bertz CT molecular complexity index is 1370. The Morgan fingerprint density at radius 2 is 1.74 bits per heavy atom. The molecule has 4 rings (SSSR count). The van der Waals surface area contributed by atoms with Crippen LogP contribution in [0, 0.1) is 5.82 Å². The van der Waals surface area contributed by atoms with E-state index in [1.807, 2.05) is 0 Å². The van der Waals surface area contributed by atoms with Gasteiger partial charge < -0.3 is 16.3 Å². The van der Waals surface area contributed by atoms with Crippen LogP contribution in [0.2, 0.25) is 10.0 Å². The number of hydrogen-bond acceptors (Lipinski definition) is 4. The lowest BCUT2D eigenvalue weighted by Gasteiger charge is -2.11. The first kappa shape index (κ1) is 23.3. The molecule has 0 aliphatic heterocycles. The third kappa shape index (κ3) is 4.88. The minimum Gasteiger partial charge on any atom is -0.409 e. The van der Waals surface area contributed by atoms with Crippen LogP contribution in [0.25, 0.3) is 16.9 Å². The lowest BCUT2D eigenvalue weighted by Crippen LogP contribution is -2.19. The van der Waals surface area contributed by atoms with Crippen LogP contribution >= 0.6 is 23.2 Å². The van der Waals surface area contributed by atoms with Crippen molar-refractivity contribution in [3.8, 4) is 16.9 Å². The maximum Gasteiger partial charge on any atom is 0.276 e. The van der Waals surface area contributed by atoms with Gasteiger partial charge >= 0.3 is 0 Å². The first-order valence-corrected chi connectivity index (χ1v) is 10.8. The summed E-state index contributed by atoms with van der Waals surface area (Å²) in [5.41, 5.74) is 8.36. The van der Waals surface area contributed by atoms with E-state index in [0.29, 0.717) is 38.2 Å². The van der Waals surface area contributed by atoms with Gasteiger partial charge in [0.05, 0.1) is 16.4 Å². The second-order valence-corrected chi connectivity index (χ2v) is 8.12. The average molecular weight is 498 g/mol. The maximum absolute atomic E-state index is 13.3. The number of para-hydroxylation sites is 1. The number of carbonyl (C=O) groups is 1. The van der Waals surface area contributed by atoms with Crippen molar-refractivity contribution in [3.63, 3.8) is 0 Å². The highest BCUT2D eigenvalue weighted by Crippen LogP contribution is 2.33. The highest BCUT2D eigenvalue weighted by molar-refractivity contribution is 6.32. The van der Waals surface area contributed by atoms with E-state index in [-0.39, 0.29) is 18.0 Å². The summed E-state index contributed by atoms with van der Waals surface area (Å²) in [6, 6.07) is 19.3. The predicted octanol–water partition coefficient (Wildman–Crippen LogP) is 5.53. The molecule has 0 saturated heterocycles. The first-order chi connectivity index (χ1) is 16.4. The van der Waals surface area contributed by atoms with E-state index in [4.69, 9.17) is 28.9 Å². The molecule has 10 heteroatoms. The molecule has 0 aliphatic rings. The monoisotopic (exact) mass is 497 g/mol. The molecular weight excluding hydrogens is 480 g/mol. The highest BCUT2D eigenvalue weighted by atomic mass is 35.5. The summed E-state index contributed by atoms with van der Waals surface area (Å²) in [6.45, 7) is 0. The molecule has 1 heterocycles. The van der Waals surface area contributed by atoms with E-state index >= 15 is 0 Å². The number of anilines is 1. The number of rotatable bonds is 6. The van der Waals surface area contributed by atoms with Crippen molar-refractivity contribution >= 4 is 40.6 Å². The van der Waals surface area contributed by atoms with Gasteiger partial charge in [-0.25, -0.2) is 9.07 Å². The molecule has 0 fully saturated rings. The van der Waals surface area contributed by atoms with Gasteiger partial charge in [0, 0.05) is 28.3 Å². The van der Waals surface area contributed by atoms with Crippen LogP contribution in [-0.4, -0.2) is 26.7 Å². The number of carbonyl (C=O) groups excluding carboxylic acids is 1. The Kier molecular flexibility index (Phi) is 6.81. The van der Waals surface area contributed by atoms with Crippen LogP contribution in [-0.2, 0) is 6.42 Å². The number of amidine groups is 1. The van der Waals surface area contributed by atoms with Gasteiger partial charge in [-0.1, -0.05) is 52.6 Å². The second kappa shape index (κ2) is 9.94. The van der Waals surface area contributed by atoms with Crippen molar-refractivity contribution in [3.05, 3.63) is 99.9 Å². The standard InChI is InChI=1S/C24H18Cl2FN5O2/c25-15-7-5-14(6-8-15)23-18(13-21(28)31-34)22(24(33)29-17-11-9-16(27)10-12-17)30-32(23)20-4-2-1-3-19(20)26/h1-12,34H,13H2,(H2,28,31)(H,29,33). The van der Waals surface area contributed by atoms with Crippen molar-refractivity contribution in [2.75, 3.05) is 5.32 Å². The fourth-order valence-corrected chi connectivity index (χ4v) is 3.78. The molecule has 34 heavy (non-hydrogen) atoms. The Morgan fingerprint density at radius 3 is 2.38 bits per heavy atom. The molecule has 172 valence electrons. The summed E-state index contributed by atoms with van der Waals surface area (Å²) in [7, 11) is 0. The normalized spacial score (nSPS) is 11.4. The third-order valence-corrected chi connectivity index (χ3v) is 5.56. The van der Waals surface area contributed by atoms with E-state index in [1.54, 1.807) is 48.5 Å². The zero-order chi connectivity index (χ0) is 24.2. The third-order valence-electron chi connectivity index (χ3n) is 4.99. The molecule has 3 aromatic carbocycles. The fraction of sp³-hybridized carbons (Fsp3) is 0.0417. The minimum atomic E-state index is -0.562. The van der Waals surface area contributed by atoms with Crippen molar-refractivity contribution in [1.82, 2.24) is 9.78 Å². The SMILES string of the molecule is N/C(Cc1c(C(=O)Nc2ccc(F)cc2)nn(-c2ccccc2Cl)c1-c1ccc(Cl)cc1)=N\O. The molecular formula is C24H18Cl2FN5O2. The summed E-state index contributed by atoms with van der Waals surface area (Å²) in [5, 5.41) is 20.5. The molecule has 0 saturated carbocycles. The predicted molar refractivity (Wildman–Crippen MR) is 130 cm³/mol. The lowest BCUT2D eigenvalue weighted by molar-refractivity contribution is 0.102. The molecule has 0 atom stereocenters. The maximum atomic E-state index is 13.3. The smallest absolute Gasteiger partial charge is 0.276 e. The largest absolute Gasteiger partial charge is 0.409 e. The topological polar surface area (TPSA) is 106 Å². The molecule has 0 bridgehead atoms. The summed E-state index contributed by atoms with van der Waals surface area (Å²) in [5.74, 6) is -1.11. The molecule has 0 radical (unpaired) electrons. The number of halogens is 3.